The summed E-state index contributed by atoms with van der Waals surface area (Å²) in [7, 11) is 0. The Hall–Kier alpha value is -5.03. The molecular formula is C31H24N2O3. The molecule has 0 amide bonds. The number of carbonyl (C=O) groups excluding carboxylic acids is 2. The van der Waals surface area contributed by atoms with Gasteiger partial charge in [0.15, 0.2) is 5.78 Å². The highest BCUT2D eigenvalue weighted by Crippen LogP contribution is 2.14. The lowest BCUT2D eigenvalue weighted by Gasteiger charge is -2.10. The molecule has 0 saturated heterocycles. The number of carbonyl (C=O) groups is 2. The summed E-state index contributed by atoms with van der Waals surface area (Å²) in [4.78, 5) is 26.1. The predicted octanol–water partition coefficient (Wildman–Crippen LogP) is 5.96. The van der Waals surface area contributed by atoms with Crippen LogP contribution in [0.2, 0.25) is 0 Å². The quantitative estimate of drug-likeness (QED) is 0.104. The van der Waals surface area contributed by atoms with Crippen LogP contribution in [-0.2, 0) is 4.79 Å². The summed E-state index contributed by atoms with van der Waals surface area (Å²) in [5.41, 5.74) is 5.90. The average Bonchev–Trinajstić information content (AvgIpc) is 2.94. The maximum atomic E-state index is 13.2. The van der Waals surface area contributed by atoms with Crippen LogP contribution in [-0.4, -0.2) is 22.4 Å². The minimum absolute atomic E-state index is 0.0734. The molecule has 0 spiro atoms. The van der Waals surface area contributed by atoms with Gasteiger partial charge >= 0.3 is 0 Å². The number of aliphatic hydroxyl groups excluding tert-OH is 1. The van der Waals surface area contributed by atoms with Gasteiger partial charge in [-0.2, -0.15) is 5.10 Å². The van der Waals surface area contributed by atoms with E-state index in [-0.39, 0.29) is 17.2 Å². The van der Waals surface area contributed by atoms with Gasteiger partial charge in [0.2, 0.25) is 5.78 Å². The van der Waals surface area contributed by atoms with E-state index in [4.69, 9.17) is 0 Å². The van der Waals surface area contributed by atoms with E-state index in [1.807, 2.05) is 72.8 Å². The molecule has 2 N–H and O–H groups in total. The molecule has 0 aliphatic heterocycles. The number of ketones is 2. The Morgan fingerprint density at radius 1 is 0.583 bits per heavy atom. The molecule has 5 heteroatoms. The molecule has 0 atom stereocenters. The molecule has 0 fully saturated rings. The Labute approximate surface area is 209 Å². The summed E-state index contributed by atoms with van der Waals surface area (Å²) in [5.74, 6) is -1.17. The Morgan fingerprint density at radius 2 is 1.00 bits per heavy atom. The van der Waals surface area contributed by atoms with Gasteiger partial charge in [-0.1, -0.05) is 121 Å². The molecule has 0 saturated carbocycles. The molecule has 36 heavy (non-hydrogen) atoms. The predicted molar refractivity (Wildman–Crippen MR) is 143 cm³/mol. The summed E-state index contributed by atoms with van der Waals surface area (Å²) in [6, 6.07) is 36.4. The van der Waals surface area contributed by atoms with Crippen molar-refractivity contribution in [3.05, 3.63) is 161 Å². The van der Waals surface area contributed by atoms with Crippen LogP contribution in [0.3, 0.4) is 0 Å². The van der Waals surface area contributed by atoms with Crippen molar-refractivity contribution in [1.29, 1.82) is 0 Å². The fourth-order valence-electron chi connectivity index (χ4n) is 3.47. The maximum Gasteiger partial charge on any atom is 0.207 e. The van der Waals surface area contributed by atoms with E-state index < -0.39 is 5.78 Å². The summed E-state index contributed by atoms with van der Waals surface area (Å²) >= 11 is 0. The molecule has 0 aliphatic rings. The zero-order chi connectivity index (χ0) is 25.2. The van der Waals surface area contributed by atoms with Crippen LogP contribution in [0.4, 0.5) is 0 Å². The minimum atomic E-state index is -0.593. The number of hydrogen-bond acceptors (Lipinski definition) is 5. The highest BCUT2D eigenvalue weighted by Gasteiger charge is 2.14. The van der Waals surface area contributed by atoms with Crippen molar-refractivity contribution in [2.24, 2.45) is 5.10 Å². The van der Waals surface area contributed by atoms with Gasteiger partial charge in [0.05, 0.1) is 5.71 Å². The molecule has 0 aromatic heterocycles. The summed E-state index contributed by atoms with van der Waals surface area (Å²) in [6.45, 7) is 0. The second kappa shape index (κ2) is 11.9. The van der Waals surface area contributed by atoms with Gasteiger partial charge in [-0.05, 0) is 0 Å². The normalized spacial score (nSPS) is 11.4. The van der Waals surface area contributed by atoms with Gasteiger partial charge in [0, 0.05) is 34.4 Å². The van der Waals surface area contributed by atoms with Gasteiger partial charge in [-0.3, -0.25) is 15.0 Å². The first kappa shape index (κ1) is 24.1. The molecular weight excluding hydrogens is 448 g/mol. The number of aliphatic hydroxyl groups is 1. The Morgan fingerprint density at radius 3 is 1.47 bits per heavy atom. The molecule has 0 heterocycles. The van der Waals surface area contributed by atoms with E-state index in [1.165, 1.54) is 6.08 Å². The van der Waals surface area contributed by atoms with Crippen molar-refractivity contribution >= 4 is 23.0 Å². The SMILES string of the molecule is O=C(C=C(O)c1ccccc1)/C(=C/C(=O)c1ccccc1)NN=C(c1ccccc1)c1ccccc1. The topological polar surface area (TPSA) is 78.8 Å². The van der Waals surface area contributed by atoms with Crippen LogP contribution >= 0.6 is 0 Å². The van der Waals surface area contributed by atoms with Gasteiger partial charge in [0.1, 0.15) is 11.5 Å². The number of benzene rings is 4. The molecule has 176 valence electrons. The smallest absolute Gasteiger partial charge is 0.207 e. The second-order valence-electron chi connectivity index (χ2n) is 7.85. The van der Waals surface area contributed by atoms with Crippen molar-refractivity contribution in [2.45, 2.75) is 0 Å². The standard InChI is InChI=1S/C31H24N2O3/c34-28(23-13-5-1-6-14-23)21-27(30(36)22-29(35)24-15-7-2-8-16-24)32-33-31(25-17-9-3-10-18-25)26-19-11-4-12-20-26/h1-22,32,35H/b27-21-,29-22?. The average molecular weight is 473 g/mol. The number of nitrogens with one attached hydrogen (secondary N) is 1. The van der Waals surface area contributed by atoms with Crippen molar-refractivity contribution in [1.82, 2.24) is 5.43 Å². The maximum absolute atomic E-state index is 13.2. The van der Waals surface area contributed by atoms with Crippen LogP contribution in [0.1, 0.15) is 27.0 Å². The molecule has 0 aliphatic carbocycles. The number of hydrogen-bond donors (Lipinski definition) is 2. The van der Waals surface area contributed by atoms with Crippen molar-refractivity contribution in [3.8, 4) is 0 Å². The van der Waals surface area contributed by atoms with Crippen LogP contribution in [0.25, 0.3) is 5.76 Å². The summed E-state index contributed by atoms with van der Waals surface area (Å²) in [6.07, 6.45) is 2.27. The highest BCUT2D eigenvalue weighted by atomic mass is 16.3. The molecule has 5 nitrogen and oxygen atoms in total. The molecule has 0 radical (unpaired) electrons. The summed E-state index contributed by atoms with van der Waals surface area (Å²) < 4.78 is 0. The van der Waals surface area contributed by atoms with Gasteiger partial charge in [-0.15, -0.1) is 0 Å². The van der Waals surface area contributed by atoms with E-state index >= 15 is 0 Å². The van der Waals surface area contributed by atoms with Crippen LogP contribution < -0.4 is 5.43 Å². The molecule has 4 aromatic carbocycles. The third kappa shape index (κ3) is 6.30. The first-order valence-corrected chi connectivity index (χ1v) is 11.4. The third-order valence-electron chi connectivity index (χ3n) is 5.32. The van der Waals surface area contributed by atoms with Gasteiger partial charge in [0.25, 0.3) is 0 Å². The van der Waals surface area contributed by atoms with E-state index in [9.17, 15) is 14.7 Å². The lowest BCUT2D eigenvalue weighted by Crippen LogP contribution is -2.19. The van der Waals surface area contributed by atoms with Crippen LogP contribution in [0, 0.1) is 0 Å². The zero-order valence-corrected chi connectivity index (χ0v) is 19.4. The van der Waals surface area contributed by atoms with Crippen LogP contribution in [0.15, 0.2) is 144 Å². The Kier molecular flexibility index (Phi) is 7.97. The van der Waals surface area contributed by atoms with Crippen molar-refractivity contribution < 1.29 is 14.7 Å². The van der Waals surface area contributed by atoms with E-state index in [0.29, 0.717) is 16.8 Å². The second-order valence-corrected chi connectivity index (χ2v) is 7.85. The first-order chi connectivity index (χ1) is 17.6. The Bertz CT molecular complexity index is 1370. The Balaban J connectivity index is 1.73. The van der Waals surface area contributed by atoms with Crippen LogP contribution in [0.5, 0.6) is 0 Å². The fraction of sp³-hybridized carbons (Fsp3) is 0. The number of nitrogens with zero attached hydrogens (tertiary/aromatic N) is 1. The fourth-order valence-corrected chi connectivity index (χ4v) is 3.47. The van der Waals surface area contributed by atoms with E-state index in [0.717, 1.165) is 17.2 Å². The molecule has 0 unspecified atom stereocenters. The van der Waals surface area contributed by atoms with Gasteiger partial charge < -0.3 is 5.11 Å². The molecule has 4 rings (SSSR count). The largest absolute Gasteiger partial charge is 0.507 e. The number of hydrazone groups is 1. The third-order valence-corrected chi connectivity index (χ3v) is 5.32. The lowest BCUT2D eigenvalue weighted by atomic mass is 10.0. The molecule has 0 bridgehead atoms. The lowest BCUT2D eigenvalue weighted by molar-refractivity contribution is -0.111. The summed E-state index contributed by atoms with van der Waals surface area (Å²) in [5, 5.41) is 15.0. The monoisotopic (exact) mass is 472 g/mol. The van der Waals surface area contributed by atoms with Crippen molar-refractivity contribution in [2.75, 3.05) is 0 Å². The highest BCUT2D eigenvalue weighted by molar-refractivity contribution is 6.15. The van der Waals surface area contributed by atoms with E-state index in [2.05, 4.69) is 10.5 Å². The first-order valence-electron chi connectivity index (χ1n) is 11.4. The zero-order valence-electron chi connectivity index (χ0n) is 19.4. The number of rotatable bonds is 9. The molecule has 4 aromatic rings. The van der Waals surface area contributed by atoms with E-state index in [1.54, 1.807) is 48.5 Å². The van der Waals surface area contributed by atoms with Gasteiger partial charge in [-0.25, -0.2) is 0 Å². The minimum Gasteiger partial charge on any atom is -0.507 e. The van der Waals surface area contributed by atoms with Crippen molar-refractivity contribution in [3.63, 3.8) is 0 Å². The number of allylic oxidation sites excluding steroid dienone is 2.